The number of hydrogen-bond donors (Lipinski definition) is 3. The summed E-state index contributed by atoms with van der Waals surface area (Å²) >= 11 is 1.73. The van der Waals surface area contributed by atoms with Crippen LogP contribution in [0.3, 0.4) is 0 Å². The number of carbonyl (C=O) groups excluding carboxylic acids is 1. The standard InChI is InChI=1S/C23H29N7OS/c1-16(20-27-22(24)29-23(28-20)26-18-6-3-2-4-7-18)30-13-10-17(11-14-30)21(31)25-12-9-19-8-5-15-32-19/h2-8,15-17H,9-14H2,1H3,(H,25,31)(H3,24,26,27,28,29). The molecule has 1 amide bonds. The lowest BCUT2D eigenvalue weighted by Crippen LogP contribution is -2.42. The minimum atomic E-state index is -0.0144. The fourth-order valence-corrected chi connectivity index (χ4v) is 4.63. The van der Waals surface area contributed by atoms with Crippen LogP contribution in [0.15, 0.2) is 47.8 Å². The van der Waals surface area contributed by atoms with Crippen molar-refractivity contribution in [2.75, 3.05) is 30.7 Å². The molecule has 9 heteroatoms. The van der Waals surface area contributed by atoms with Crippen molar-refractivity contribution in [3.8, 4) is 0 Å². The van der Waals surface area contributed by atoms with Crippen LogP contribution >= 0.6 is 11.3 Å². The molecule has 4 N–H and O–H groups in total. The Morgan fingerprint density at radius 3 is 2.66 bits per heavy atom. The van der Waals surface area contributed by atoms with Gasteiger partial charge in [0.15, 0.2) is 5.82 Å². The first-order valence-corrected chi connectivity index (χ1v) is 11.8. The Kier molecular flexibility index (Phi) is 7.28. The van der Waals surface area contributed by atoms with Gasteiger partial charge in [0, 0.05) is 23.0 Å². The van der Waals surface area contributed by atoms with Crippen LogP contribution in [0.1, 0.15) is 36.5 Å². The topological polar surface area (TPSA) is 109 Å². The molecule has 32 heavy (non-hydrogen) atoms. The van der Waals surface area contributed by atoms with Gasteiger partial charge in [0.1, 0.15) is 0 Å². The molecule has 0 radical (unpaired) electrons. The Morgan fingerprint density at radius 2 is 1.94 bits per heavy atom. The van der Waals surface area contributed by atoms with Crippen LogP contribution in [0, 0.1) is 5.92 Å². The quantitative estimate of drug-likeness (QED) is 0.482. The van der Waals surface area contributed by atoms with E-state index in [1.54, 1.807) is 11.3 Å². The van der Waals surface area contributed by atoms with Gasteiger partial charge in [0.05, 0.1) is 6.04 Å². The van der Waals surface area contributed by atoms with Gasteiger partial charge in [-0.2, -0.15) is 15.0 Å². The molecule has 4 rings (SSSR count). The molecule has 1 unspecified atom stereocenters. The second kappa shape index (κ2) is 10.5. The zero-order chi connectivity index (χ0) is 22.3. The van der Waals surface area contributed by atoms with Gasteiger partial charge in [0.2, 0.25) is 17.8 Å². The van der Waals surface area contributed by atoms with E-state index < -0.39 is 0 Å². The number of rotatable bonds is 8. The number of nitrogens with zero attached hydrogens (tertiary/aromatic N) is 4. The molecule has 0 bridgehead atoms. The van der Waals surface area contributed by atoms with Crippen LogP contribution in [0.2, 0.25) is 0 Å². The predicted octanol–water partition coefficient (Wildman–Crippen LogP) is 3.39. The first-order valence-electron chi connectivity index (χ1n) is 11.0. The average Bonchev–Trinajstić information content (AvgIpc) is 3.32. The maximum Gasteiger partial charge on any atom is 0.232 e. The van der Waals surface area contributed by atoms with Gasteiger partial charge in [-0.1, -0.05) is 24.3 Å². The van der Waals surface area contributed by atoms with Crippen molar-refractivity contribution in [1.29, 1.82) is 0 Å². The highest BCUT2D eigenvalue weighted by Crippen LogP contribution is 2.26. The molecule has 2 aromatic heterocycles. The Balaban J connectivity index is 1.30. The SMILES string of the molecule is CC(c1nc(N)nc(Nc2ccccc2)n1)N1CCC(C(=O)NCCc2cccs2)CC1. The number of piperidine rings is 1. The van der Waals surface area contributed by atoms with Crippen LogP contribution in [0.4, 0.5) is 17.6 Å². The molecule has 1 fully saturated rings. The predicted molar refractivity (Wildman–Crippen MR) is 128 cm³/mol. The summed E-state index contributed by atoms with van der Waals surface area (Å²) in [5.74, 6) is 1.48. The van der Waals surface area contributed by atoms with Crippen LogP contribution in [-0.2, 0) is 11.2 Å². The Labute approximate surface area is 192 Å². The molecule has 168 valence electrons. The molecule has 1 aliphatic heterocycles. The van der Waals surface area contributed by atoms with Gasteiger partial charge < -0.3 is 16.4 Å². The summed E-state index contributed by atoms with van der Waals surface area (Å²) in [4.78, 5) is 29.3. The first kappa shape index (κ1) is 22.2. The maximum atomic E-state index is 12.6. The Hall–Kier alpha value is -3.04. The summed E-state index contributed by atoms with van der Waals surface area (Å²) in [7, 11) is 0. The van der Waals surface area contributed by atoms with E-state index in [0.717, 1.165) is 38.0 Å². The van der Waals surface area contributed by atoms with Crippen molar-refractivity contribution in [3.63, 3.8) is 0 Å². The molecule has 8 nitrogen and oxygen atoms in total. The van der Waals surface area contributed by atoms with E-state index in [9.17, 15) is 4.79 Å². The van der Waals surface area contributed by atoms with Gasteiger partial charge in [0.25, 0.3) is 0 Å². The van der Waals surface area contributed by atoms with E-state index in [1.165, 1.54) is 4.88 Å². The number of amides is 1. The lowest BCUT2D eigenvalue weighted by atomic mass is 9.95. The Morgan fingerprint density at radius 1 is 1.16 bits per heavy atom. The summed E-state index contributed by atoms with van der Waals surface area (Å²) in [6, 6.07) is 13.9. The number of carbonyl (C=O) groups is 1. The lowest BCUT2D eigenvalue weighted by Gasteiger charge is -2.34. The van der Waals surface area contributed by atoms with Gasteiger partial charge in [-0.05, 0) is 62.9 Å². The van der Waals surface area contributed by atoms with Crippen molar-refractivity contribution < 1.29 is 4.79 Å². The molecule has 1 saturated heterocycles. The number of hydrogen-bond acceptors (Lipinski definition) is 8. The lowest BCUT2D eigenvalue weighted by molar-refractivity contribution is -0.126. The van der Waals surface area contributed by atoms with Gasteiger partial charge in [-0.15, -0.1) is 11.3 Å². The third kappa shape index (κ3) is 5.80. The molecule has 1 aromatic carbocycles. The Bertz CT molecular complexity index is 1000. The normalized spacial score (nSPS) is 15.9. The number of para-hydroxylation sites is 1. The summed E-state index contributed by atoms with van der Waals surface area (Å²) in [6.45, 7) is 4.40. The van der Waals surface area contributed by atoms with Gasteiger partial charge in [-0.3, -0.25) is 9.69 Å². The number of nitrogen functional groups attached to an aromatic ring is 1. The smallest absolute Gasteiger partial charge is 0.232 e. The number of nitrogens with one attached hydrogen (secondary N) is 2. The van der Waals surface area contributed by atoms with Crippen LogP contribution in [-0.4, -0.2) is 45.4 Å². The third-order valence-corrected chi connectivity index (χ3v) is 6.71. The molecule has 0 spiro atoms. The summed E-state index contributed by atoms with van der Waals surface area (Å²) in [5, 5.41) is 8.34. The largest absolute Gasteiger partial charge is 0.368 e. The van der Waals surface area contributed by atoms with Crippen LogP contribution in [0.5, 0.6) is 0 Å². The summed E-state index contributed by atoms with van der Waals surface area (Å²) < 4.78 is 0. The van der Waals surface area contributed by atoms with Crippen molar-refractivity contribution in [1.82, 2.24) is 25.2 Å². The average molecular weight is 452 g/mol. The highest BCUT2D eigenvalue weighted by molar-refractivity contribution is 7.09. The zero-order valence-electron chi connectivity index (χ0n) is 18.2. The van der Waals surface area contributed by atoms with E-state index in [0.29, 0.717) is 18.3 Å². The number of anilines is 3. The van der Waals surface area contributed by atoms with E-state index in [2.05, 4.69) is 48.9 Å². The van der Waals surface area contributed by atoms with Gasteiger partial charge in [-0.25, -0.2) is 0 Å². The number of benzene rings is 1. The van der Waals surface area contributed by atoms with E-state index >= 15 is 0 Å². The molecular weight excluding hydrogens is 422 g/mol. The van der Waals surface area contributed by atoms with Crippen LogP contribution < -0.4 is 16.4 Å². The van der Waals surface area contributed by atoms with Crippen LogP contribution in [0.25, 0.3) is 0 Å². The monoisotopic (exact) mass is 451 g/mol. The fourth-order valence-electron chi connectivity index (χ4n) is 3.92. The molecule has 1 atom stereocenters. The van der Waals surface area contributed by atoms with Crippen molar-refractivity contribution in [2.24, 2.45) is 5.92 Å². The molecule has 0 aliphatic carbocycles. The number of aromatic nitrogens is 3. The molecule has 0 saturated carbocycles. The minimum absolute atomic E-state index is 0.0144. The fraction of sp³-hybridized carbons (Fsp3) is 0.391. The minimum Gasteiger partial charge on any atom is -0.368 e. The zero-order valence-corrected chi connectivity index (χ0v) is 19.0. The van der Waals surface area contributed by atoms with Crippen molar-refractivity contribution >= 4 is 34.8 Å². The second-order valence-corrected chi connectivity index (χ2v) is 9.01. The molecule has 3 heterocycles. The van der Waals surface area contributed by atoms with E-state index in [1.807, 2.05) is 36.4 Å². The maximum absolute atomic E-state index is 12.6. The molecule has 1 aliphatic rings. The number of likely N-dealkylation sites (tertiary alicyclic amines) is 1. The summed E-state index contributed by atoms with van der Waals surface area (Å²) in [5.41, 5.74) is 6.84. The van der Waals surface area contributed by atoms with E-state index in [4.69, 9.17) is 5.73 Å². The van der Waals surface area contributed by atoms with E-state index in [-0.39, 0.29) is 23.8 Å². The molecule has 3 aromatic rings. The third-order valence-electron chi connectivity index (χ3n) is 5.77. The highest BCUT2D eigenvalue weighted by Gasteiger charge is 2.29. The molecular formula is C23H29N7OS. The highest BCUT2D eigenvalue weighted by atomic mass is 32.1. The number of thiophene rings is 1. The second-order valence-electron chi connectivity index (χ2n) is 7.97. The first-order chi connectivity index (χ1) is 15.6. The van der Waals surface area contributed by atoms with Crippen molar-refractivity contribution in [2.45, 2.75) is 32.2 Å². The van der Waals surface area contributed by atoms with Gasteiger partial charge >= 0.3 is 0 Å². The summed E-state index contributed by atoms with van der Waals surface area (Å²) in [6.07, 6.45) is 2.54. The number of nitrogens with two attached hydrogens (primary N) is 1. The van der Waals surface area contributed by atoms with Crippen molar-refractivity contribution in [3.05, 3.63) is 58.5 Å².